The van der Waals surface area contributed by atoms with Gasteiger partial charge in [0.2, 0.25) is 0 Å². The molecule has 1 nitrogen and oxygen atoms in total. The molecule has 0 saturated heterocycles. The number of hydrogen-bond donors (Lipinski definition) is 1. The maximum atomic E-state index is 10.7. The van der Waals surface area contributed by atoms with E-state index < -0.39 is 5.60 Å². The summed E-state index contributed by atoms with van der Waals surface area (Å²) in [5.74, 6) is 1.56. The van der Waals surface area contributed by atoms with Crippen LogP contribution in [0.1, 0.15) is 50.0 Å². The Hall–Kier alpha value is -0.340. The third kappa shape index (κ3) is 2.33. The van der Waals surface area contributed by atoms with E-state index in [0.29, 0.717) is 0 Å². The van der Waals surface area contributed by atoms with Crippen LogP contribution in [0, 0.1) is 18.8 Å². The van der Waals surface area contributed by atoms with Gasteiger partial charge in [0.1, 0.15) is 0 Å². The minimum absolute atomic E-state index is 0.532. The summed E-state index contributed by atoms with van der Waals surface area (Å²) in [4.78, 5) is 1.30. The molecule has 2 heteroatoms. The Morgan fingerprint density at radius 3 is 2.44 bits per heavy atom. The normalized spacial score (nSPS) is 30.9. The van der Waals surface area contributed by atoms with Crippen LogP contribution in [0.3, 0.4) is 0 Å². The van der Waals surface area contributed by atoms with Crippen LogP contribution in [0.2, 0.25) is 0 Å². The van der Waals surface area contributed by atoms with Gasteiger partial charge < -0.3 is 5.11 Å². The lowest BCUT2D eigenvalue weighted by molar-refractivity contribution is -0.0196. The Balaban J connectivity index is 2.06. The second-order valence-corrected chi connectivity index (χ2v) is 6.67. The predicted molar refractivity (Wildman–Crippen MR) is 69.7 cm³/mol. The molecule has 1 aromatic heterocycles. The summed E-state index contributed by atoms with van der Waals surface area (Å²) in [6, 6.07) is 2.15. The van der Waals surface area contributed by atoms with Crippen LogP contribution in [0.5, 0.6) is 0 Å². The molecule has 0 bridgehead atoms. The van der Waals surface area contributed by atoms with Crippen LogP contribution < -0.4 is 0 Å². The third-order valence-electron chi connectivity index (χ3n) is 4.07. The molecular formula is C14H22OS. The summed E-state index contributed by atoms with van der Waals surface area (Å²) >= 11 is 1.74. The van der Waals surface area contributed by atoms with Crippen molar-refractivity contribution in [3.8, 4) is 0 Å². The zero-order valence-electron chi connectivity index (χ0n) is 10.5. The fourth-order valence-electron chi connectivity index (χ4n) is 2.76. The Kier molecular flexibility index (Phi) is 3.41. The maximum Gasteiger partial charge on any atom is 0.0904 e. The molecule has 1 fully saturated rings. The fourth-order valence-corrected chi connectivity index (χ4v) is 3.56. The summed E-state index contributed by atoms with van der Waals surface area (Å²) in [5.41, 5.74) is 0.619. The van der Waals surface area contributed by atoms with Gasteiger partial charge in [-0.2, -0.15) is 0 Å². The monoisotopic (exact) mass is 238 g/mol. The predicted octanol–water partition coefficient (Wildman–Crippen LogP) is 4.09. The van der Waals surface area contributed by atoms with E-state index in [9.17, 15) is 5.11 Å². The molecule has 0 amide bonds. The van der Waals surface area contributed by atoms with Gasteiger partial charge in [-0.15, -0.1) is 11.3 Å². The van der Waals surface area contributed by atoms with Gasteiger partial charge in [0.05, 0.1) is 5.60 Å². The molecule has 0 radical (unpaired) electrons. The summed E-state index contributed by atoms with van der Waals surface area (Å²) in [7, 11) is 0. The van der Waals surface area contributed by atoms with Crippen LogP contribution in [0.25, 0.3) is 0 Å². The van der Waals surface area contributed by atoms with Crippen molar-refractivity contribution in [1.29, 1.82) is 0 Å². The Morgan fingerprint density at radius 1 is 1.38 bits per heavy atom. The second kappa shape index (κ2) is 4.50. The first-order chi connectivity index (χ1) is 7.51. The molecule has 1 heterocycles. The molecule has 2 rings (SSSR count). The summed E-state index contributed by atoms with van der Waals surface area (Å²) in [5, 5.41) is 12.8. The molecule has 0 atom stereocenters. The van der Waals surface area contributed by atoms with Crippen molar-refractivity contribution < 1.29 is 5.11 Å². The lowest BCUT2D eigenvalue weighted by atomic mass is 9.72. The largest absolute Gasteiger partial charge is 0.385 e. The molecule has 0 unspecified atom stereocenters. The van der Waals surface area contributed by atoms with E-state index in [1.807, 2.05) is 0 Å². The van der Waals surface area contributed by atoms with Crippen molar-refractivity contribution in [2.45, 2.75) is 52.1 Å². The molecule has 0 spiro atoms. The van der Waals surface area contributed by atoms with Gasteiger partial charge in [-0.25, -0.2) is 0 Å². The average molecular weight is 238 g/mol. The Morgan fingerprint density at radius 2 is 2.00 bits per heavy atom. The summed E-state index contributed by atoms with van der Waals surface area (Å²) in [6.07, 6.45) is 4.21. The van der Waals surface area contributed by atoms with Crippen LogP contribution in [-0.4, -0.2) is 5.11 Å². The van der Waals surface area contributed by atoms with Crippen LogP contribution in [-0.2, 0) is 5.60 Å². The van der Waals surface area contributed by atoms with Gasteiger partial charge in [-0.3, -0.25) is 0 Å². The number of hydrogen-bond acceptors (Lipinski definition) is 2. The minimum Gasteiger partial charge on any atom is -0.385 e. The van der Waals surface area contributed by atoms with Gasteiger partial charge in [-0.1, -0.05) is 13.8 Å². The molecule has 0 aliphatic heterocycles. The zero-order valence-corrected chi connectivity index (χ0v) is 11.3. The van der Waals surface area contributed by atoms with Gasteiger partial charge in [0.15, 0.2) is 0 Å². The molecule has 1 N–H and O–H groups in total. The first kappa shape index (κ1) is 12.1. The average Bonchev–Trinajstić information content (AvgIpc) is 2.66. The van der Waals surface area contributed by atoms with Gasteiger partial charge in [0, 0.05) is 4.88 Å². The van der Waals surface area contributed by atoms with E-state index in [-0.39, 0.29) is 0 Å². The molecular weight excluding hydrogens is 216 g/mol. The molecule has 1 saturated carbocycles. The minimum atomic E-state index is -0.532. The SMILES string of the molecule is Cc1cc(C2(O)CCC(C(C)C)CC2)cs1. The first-order valence-electron chi connectivity index (χ1n) is 6.29. The Bertz CT molecular complexity index is 345. The van der Waals surface area contributed by atoms with Crippen molar-refractivity contribution in [3.63, 3.8) is 0 Å². The standard InChI is InChI=1S/C14H22OS/c1-10(2)12-4-6-14(15,7-5-12)13-8-11(3)16-9-13/h8-10,12,15H,4-7H2,1-3H3. The zero-order chi connectivity index (χ0) is 11.8. The number of aryl methyl sites for hydroxylation is 1. The quantitative estimate of drug-likeness (QED) is 0.822. The van der Waals surface area contributed by atoms with Crippen molar-refractivity contribution in [2.75, 3.05) is 0 Å². The molecule has 16 heavy (non-hydrogen) atoms. The topological polar surface area (TPSA) is 20.2 Å². The lowest BCUT2D eigenvalue weighted by Crippen LogP contribution is -2.32. The van der Waals surface area contributed by atoms with E-state index >= 15 is 0 Å². The van der Waals surface area contributed by atoms with Crippen LogP contribution >= 0.6 is 11.3 Å². The van der Waals surface area contributed by atoms with Gasteiger partial charge in [-0.05, 0) is 61.5 Å². The van der Waals surface area contributed by atoms with Crippen LogP contribution in [0.4, 0.5) is 0 Å². The number of rotatable bonds is 2. The highest BCUT2D eigenvalue weighted by molar-refractivity contribution is 7.10. The second-order valence-electron chi connectivity index (χ2n) is 5.56. The van der Waals surface area contributed by atoms with Crippen LogP contribution in [0.15, 0.2) is 11.4 Å². The molecule has 1 aliphatic rings. The maximum absolute atomic E-state index is 10.7. The van der Waals surface area contributed by atoms with E-state index in [4.69, 9.17) is 0 Å². The highest BCUT2D eigenvalue weighted by Gasteiger charge is 2.35. The number of thiophene rings is 1. The summed E-state index contributed by atoms with van der Waals surface area (Å²) < 4.78 is 0. The first-order valence-corrected chi connectivity index (χ1v) is 7.17. The third-order valence-corrected chi connectivity index (χ3v) is 4.93. The smallest absolute Gasteiger partial charge is 0.0904 e. The van der Waals surface area contributed by atoms with Gasteiger partial charge in [0.25, 0.3) is 0 Å². The number of aliphatic hydroxyl groups is 1. The molecule has 1 aliphatic carbocycles. The highest BCUT2D eigenvalue weighted by Crippen LogP contribution is 2.42. The molecule has 90 valence electrons. The van der Waals surface area contributed by atoms with Gasteiger partial charge >= 0.3 is 0 Å². The van der Waals surface area contributed by atoms with E-state index in [2.05, 4.69) is 32.2 Å². The van der Waals surface area contributed by atoms with Crippen molar-refractivity contribution >= 4 is 11.3 Å². The molecule has 1 aromatic rings. The Labute approximate surface area is 103 Å². The van der Waals surface area contributed by atoms with Crippen molar-refractivity contribution in [3.05, 3.63) is 21.9 Å². The van der Waals surface area contributed by atoms with E-state index in [0.717, 1.165) is 30.2 Å². The fraction of sp³-hybridized carbons (Fsp3) is 0.714. The highest BCUT2D eigenvalue weighted by atomic mass is 32.1. The molecule has 0 aromatic carbocycles. The summed E-state index contributed by atoms with van der Waals surface area (Å²) in [6.45, 7) is 6.70. The van der Waals surface area contributed by atoms with Crippen molar-refractivity contribution in [2.24, 2.45) is 11.8 Å². The van der Waals surface area contributed by atoms with E-state index in [1.54, 1.807) is 11.3 Å². The van der Waals surface area contributed by atoms with Crippen molar-refractivity contribution in [1.82, 2.24) is 0 Å². The lowest BCUT2D eigenvalue weighted by Gasteiger charge is -2.37. The van der Waals surface area contributed by atoms with E-state index in [1.165, 1.54) is 17.7 Å².